The molecule has 4 rings (SSSR count). The zero-order valence-electron chi connectivity index (χ0n) is 20.0. The van der Waals surface area contributed by atoms with E-state index in [1.165, 1.54) is 11.6 Å². The third-order valence-electron chi connectivity index (χ3n) is 5.03. The van der Waals surface area contributed by atoms with Crippen molar-refractivity contribution < 1.29 is 22.6 Å². The Balaban J connectivity index is 0.000000204. The van der Waals surface area contributed by atoms with Crippen LogP contribution < -0.4 is 0 Å². The van der Waals surface area contributed by atoms with Crippen LogP contribution in [0.2, 0.25) is 0 Å². The van der Waals surface area contributed by atoms with Crippen LogP contribution in [0.3, 0.4) is 0 Å². The molecule has 4 aromatic rings. The number of aromatic hydroxyl groups is 1. The molecule has 2 heterocycles. The van der Waals surface area contributed by atoms with Gasteiger partial charge in [-0.25, -0.2) is 4.57 Å². The Morgan fingerprint density at radius 3 is 2.29 bits per heavy atom. The molecule has 0 amide bonds. The molecule has 1 N–H and O–H groups in total. The Morgan fingerprint density at radius 1 is 0.971 bits per heavy atom. The summed E-state index contributed by atoms with van der Waals surface area (Å²) in [6, 6.07) is 21.3. The van der Waals surface area contributed by atoms with Crippen LogP contribution in [0.5, 0.6) is 5.75 Å². The maximum atomic E-state index is 13.8. The van der Waals surface area contributed by atoms with Gasteiger partial charge in [-0.2, -0.15) is 4.40 Å². The van der Waals surface area contributed by atoms with Gasteiger partial charge < -0.3 is 0 Å². The van der Waals surface area contributed by atoms with Gasteiger partial charge in [-0.05, 0) is 23.6 Å². The molecule has 0 aliphatic heterocycles. The van der Waals surface area contributed by atoms with Gasteiger partial charge in [0.25, 0.3) is 5.95 Å². The molecule has 0 radical (unpaired) electrons. The van der Waals surface area contributed by atoms with E-state index < -0.39 is 13.5 Å². The molecule has 182 valence electrons. The predicted octanol–water partition coefficient (Wildman–Crippen LogP) is 7.86. The number of imidazole rings is 1. The first-order valence-corrected chi connectivity index (χ1v) is 16.4. The third-order valence-corrected chi connectivity index (χ3v) is 6.86. The summed E-state index contributed by atoms with van der Waals surface area (Å²) in [5.41, 5.74) is 4.25. The molecule has 0 aliphatic carbocycles. The van der Waals surface area contributed by atoms with Gasteiger partial charge in [-0.15, -0.1) is 4.39 Å². The fourth-order valence-electron chi connectivity index (χ4n) is 3.55. The molecule has 0 aliphatic rings. The van der Waals surface area contributed by atoms with E-state index >= 15 is 0 Å². The third kappa shape index (κ3) is 6.98. The molecule has 0 atom stereocenters. The van der Waals surface area contributed by atoms with Gasteiger partial charge in [0.15, 0.2) is 11.8 Å². The van der Waals surface area contributed by atoms with Crippen molar-refractivity contribution in [3.05, 3.63) is 96.3 Å². The van der Waals surface area contributed by atoms with Crippen LogP contribution in [-0.4, -0.2) is 24.4 Å². The second-order valence-corrected chi connectivity index (χ2v) is 14.9. The second-order valence-electron chi connectivity index (χ2n) is 9.15. The first-order chi connectivity index (χ1) is 16.1. The monoisotopic (exact) mass is 590 g/mol. The van der Waals surface area contributed by atoms with Crippen molar-refractivity contribution >= 4 is 29.5 Å². The van der Waals surface area contributed by atoms with E-state index in [0.29, 0.717) is 0 Å². The molecular formula is C27H31Cl2FN2ORu+2. The number of nitrogens with zero attached hydrogens (tertiary/aromatic N) is 2. The van der Waals surface area contributed by atoms with Crippen molar-refractivity contribution in [2.24, 2.45) is 0 Å². The van der Waals surface area contributed by atoms with E-state index in [9.17, 15) is 4.39 Å². The minimum atomic E-state index is -1.75. The first-order valence-electron chi connectivity index (χ1n) is 11.0. The van der Waals surface area contributed by atoms with E-state index in [-0.39, 0.29) is 17.5 Å². The zero-order valence-corrected chi connectivity index (χ0v) is 23.2. The van der Waals surface area contributed by atoms with Crippen molar-refractivity contribution in [2.75, 3.05) is 0 Å². The number of hydrogen-bond donors (Lipinski definition) is 0. The molecule has 0 spiro atoms. The summed E-state index contributed by atoms with van der Waals surface area (Å²) in [4.78, 5) is 0. The van der Waals surface area contributed by atoms with E-state index in [0.717, 1.165) is 22.5 Å². The Labute approximate surface area is 214 Å². The number of hydrogen-bond acceptors (Lipinski definition) is 0. The van der Waals surface area contributed by atoms with E-state index in [2.05, 4.69) is 37.6 Å². The van der Waals surface area contributed by atoms with Crippen molar-refractivity contribution in [1.29, 1.82) is 0 Å². The molecule has 7 heteroatoms. The number of fused-ring (bicyclic) bond motifs is 1. The molecular weight excluding hydrogens is 559 g/mol. The van der Waals surface area contributed by atoms with Crippen molar-refractivity contribution in [3.8, 4) is 11.4 Å². The molecule has 0 unspecified atom stereocenters. The van der Waals surface area contributed by atoms with Crippen LogP contribution in [0.1, 0.15) is 45.7 Å². The summed E-state index contributed by atoms with van der Waals surface area (Å²) >= 11 is -1.75. The van der Waals surface area contributed by atoms with Crippen LogP contribution >= 0.6 is 19.4 Å². The van der Waals surface area contributed by atoms with Crippen LogP contribution in [-0.2, 0) is 18.9 Å². The number of para-hydroxylation sites is 2. The summed E-state index contributed by atoms with van der Waals surface area (Å²) in [6.07, 6.45) is 4.03. The molecule has 2 aromatic carbocycles. The SMILES string of the molecule is CC(C)(C)c1ccccc1-n1cc2cccc(F)n2[cH+]1.CC(C)[OH+]c1ccccc1[CH]=[Ru]([Cl])[Cl]. The summed E-state index contributed by atoms with van der Waals surface area (Å²) in [6.45, 7) is 10.6. The molecule has 2 aromatic heterocycles. The van der Waals surface area contributed by atoms with Gasteiger partial charge in [0.1, 0.15) is 11.9 Å². The van der Waals surface area contributed by atoms with Gasteiger partial charge in [-0.3, -0.25) is 0 Å². The fourth-order valence-corrected chi connectivity index (χ4v) is 5.37. The number of benzene rings is 2. The van der Waals surface area contributed by atoms with Crippen LogP contribution in [0.25, 0.3) is 11.2 Å². The molecule has 0 saturated heterocycles. The Kier molecular flexibility index (Phi) is 9.03. The number of halogens is 3. The number of pyridine rings is 1. The minimum absolute atomic E-state index is 0.0380. The van der Waals surface area contributed by atoms with Gasteiger partial charge in [-0.1, -0.05) is 32.9 Å². The number of aliphatic hydroxyl groups is 1. The average Bonchev–Trinajstić information content (AvgIpc) is 3.20. The average molecular weight is 591 g/mol. The van der Waals surface area contributed by atoms with Crippen molar-refractivity contribution in [1.82, 2.24) is 8.97 Å². The summed E-state index contributed by atoms with van der Waals surface area (Å²) in [5, 5.41) is 0. The van der Waals surface area contributed by atoms with E-state index in [1.54, 1.807) is 16.8 Å². The maximum absolute atomic E-state index is 13.8. The Bertz CT molecular complexity index is 1290. The van der Waals surface area contributed by atoms with Crippen LogP contribution in [0.4, 0.5) is 4.39 Å². The van der Waals surface area contributed by atoms with Crippen LogP contribution in [0.15, 0.2) is 79.3 Å². The molecule has 34 heavy (non-hydrogen) atoms. The molecule has 3 nitrogen and oxygen atoms in total. The summed E-state index contributed by atoms with van der Waals surface area (Å²) in [5.74, 6) is 0.719. The standard InChI is InChI=1S/C17H18FN2.C10H12O.2ClH.Ru/c1-17(2,3)14-8-4-5-9-15(14)19-11-13-7-6-10-16(18)20(13)12-19;1-8(2)11-10-7-5-4-6-9(10)3;;;/h4-12H,1-3H3;3-8H,1-2H3;2*1H;/q+1;;;;+2/p-1. The van der Waals surface area contributed by atoms with E-state index in [4.69, 9.17) is 19.4 Å². The number of aromatic nitrogens is 2. The molecule has 0 saturated carbocycles. The number of ether oxygens (including phenoxy) is 1. The van der Waals surface area contributed by atoms with Gasteiger partial charge in [0.05, 0.1) is 0 Å². The van der Waals surface area contributed by atoms with Gasteiger partial charge >= 0.3 is 97.8 Å². The van der Waals surface area contributed by atoms with Crippen molar-refractivity contribution in [3.63, 3.8) is 0 Å². The zero-order chi connectivity index (χ0) is 24.9. The van der Waals surface area contributed by atoms with Gasteiger partial charge in [0.2, 0.25) is 0 Å². The van der Waals surface area contributed by atoms with Crippen LogP contribution in [0, 0.1) is 5.95 Å². The summed E-state index contributed by atoms with van der Waals surface area (Å²) in [7, 11) is 11.7. The normalized spacial score (nSPS) is 11.7. The second kappa shape index (κ2) is 11.6. The summed E-state index contributed by atoms with van der Waals surface area (Å²) < 4.78 is 23.8. The number of rotatable bonds is 4. The Hall–Kier alpha value is -2.07. The fraction of sp³-hybridized carbons (Fsp3) is 0.259. The topological polar surface area (TPSA) is 22.1 Å². The van der Waals surface area contributed by atoms with Gasteiger partial charge in [0, 0.05) is 17.7 Å². The Morgan fingerprint density at radius 2 is 1.65 bits per heavy atom. The molecule has 0 bridgehead atoms. The molecule has 0 fully saturated rings. The quantitative estimate of drug-likeness (QED) is 0.1000. The van der Waals surface area contributed by atoms with E-state index in [1.807, 2.05) is 71.7 Å². The first kappa shape index (κ1) is 26.5. The van der Waals surface area contributed by atoms with Crippen molar-refractivity contribution in [2.45, 2.75) is 46.1 Å². The predicted molar refractivity (Wildman–Crippen MR) is 140 cm³/mol.